The Bertz CT molecular complexity index is 827. The molecular weight excluding hydrogens is 382 g/mol. The lowest BCUT2D eigenvalue weighted by atomic mass is 10.1. The lowest BCUT2D eigenvalue weighted by Gasteiger charge is -2.13. The van der Waals surface area contributed by atoms with Crippen LogP contribution in [0.3, 0.4) is 0 Å². The maximum absolute atomic E-state index is 12.3. The van der Waals surface area contributed by atoms with Gasteiger partial charge < -0.3 is 14.8 Å². The van der Waals surface area contributed by atoms with Crippen LogP contribution in [0.1, 0.15) is 30.6 Å². The fraction of sp³-hybridized carbons (Fsp3) is 0.300. The zero-order chi connectivity index (χ0) is 20.5. The maximum atomic E-state index is 12.3. The number of nitrogens with one attached hydrogen (secondary N) is 3. The number of ether oxygens (including phenoxy) is 2. The summed E-state index contributed by atoms with van der Waals surface area (Å²) in [4.78, 5) is 24.2. The summed E-state index contributed by atoms with van der Waals surface area (Å²) in [6, 6.07) is 11.0. The predicted octanol–water partition coefficient (Wildman–Crippen LogP) is 4.24. The van der Waals surface area contributed by atoms with Crippen molar-refractivity contribution in [2.45, 2.75) is 20.3 Å². The average molecular weight is 406 g/mol. The van der Waals surface area contributed by atoms with Crippen molar-refractivity contribution in [3.8, 4) is 11.5 Å². The number of hydrazine groups is 1. The third kappa shape index (κ3) is 6.35. The summed E-state index contributed by atoms with van der Waals surface area (Å²) in [5.74, 6) is 1.03. The van der Waals surface area contributed by atoms with Crippen LogP contribution in [0.25, 0.3) is 0 Å². The molecule has 0 fully saturated rings. The highest BCUT2D eigenvalue weighted by Crippen LogP contribution is 2.28. The number of anilines is 1. The van der Waals surface area contributed by atoms with Crippen molar-refractivity contribution in [1.29, 1.82) is 0 Å². The van der Waals surface area contributed by atoms with Crippen molar-refractivity contribution in [1.82, 2.24) is 10.9 Å². The number of halogens is 1. The molecule has 0 atom stereocenters. The molecular formula is C20H24ClN3O4. The fourth-order valence-corrected chi connectivity index (χ4v) is 2.42. The Kier molecular flexibility index (Phi) is 7.95. The van der Waals surface area contributed by atoms with Crippen LogP contribution in [0.2, 0.25) is 5.02 Å². The van der Waals surface area contributed by atoms with Crippen molar-refractivity contribution in [3.63, 3.8) is 0 Å². The molecule has 0 aliphatic carbocycles. The first-order valence-corrected chi connectivity index (χ1v) is 9.21. The Morgan fingerprint density at radius 1 is 1.07 bits per heavy atom. The average Bonchev–Trinajstić information content (AvgIpc) is 2.67. The molecule has 0 unspecified atom stereocenters. The number of carbonyl (C=O) groups is 2. The van der Waals surface area contributed by atoms with Crippen molar-refractivity contribution < 1.29 is 19.1 Å². The van der Waals surface area contributed by atoms with E-state index in [9.17, 15) is 9.59 Å². The molecule has 0 heterocycles. The molecule has 28 heavy (non-hydrogen) atoms. The molecule has 8 heteroatoms. The molecule has 0 aromatic heterocycles. The summed E-state index contributed by atoms with van der Waals surface area (Å²) in [6.45, 7) is 4.79. The van der Waals surface area contributed by atoms with Crippen LogP contribution in [0.15, 0.2) is 42.5 Å². The van der Waals surface area contributed by atoms with Gasteiger partial charge in [0, 0.05) is 5.56 Å². The quantitative estimate of drug-likeness (QED) is 0.601. The van der Waals surface area contributed by atoms with Crippen molar-refractivity contribution in [2.75, 3.05) is 19.0 Å². The molecule has 7 nitrogen and oxygen atoms in total. The SMILES string of the molecule is COc1cc(C(=O)NNC(=O)Nc2ccccc2Cl)ccc1OCCC(C)C. The smallest absolute Gasteiger partial charge is 0.337 e. The summed E-state index contributed by atoms with van der Waals surface area (Å²) < 4.78 is 11.0. The molecule has 0 aliphatic heterocycles. The van der Waals surface area contributed by atoms with E-state index in [2.05, 4.69) is 30.0 Å². The molecule has 2 rings (SSSR count). The van der Waals surface area contributed by atoms with E-state index >= 15 is 0 Å². The van der Waals surface area contributed by atoms with E-state index in [0.29, 0.717) is 40.3 Å². The van der Waals surface area contributed by atoms with Crippen LogP contribution in [0.4, 0.5) is 10.5 Å². The van der Waals surface area contributed by atoms with E-state index in [1.165, 1.54) is 7.11 Å². The second-order valence-corrected chi connectivity index (χ2v) is 6.82. The Hall–Kier alpha value is -2.93. The van der Waals surface area contributed by atoms with Crippen LogP contribution >= 0.6 is 11.6 Å². The minimum atomic E-state index is -0.623. The lowest BCUT2D eigenvalue weighted by molar-refractivity contribution is 0.0937. The van der Waals surface area contributed by atoms with Gasteiger partial charge in [0.15, 0.2) is 11.5 Å². The normalized spacial score (nSPS) is 10.3. The minimum absolute atomic E-state index is 0.311. The number of amides is 3. The number of hydrogen-bond acceptors (Lipinski definition) is 4. The van der Waals surface area contributed by atoms with Gasteiger partial charge in [-0.2, -0.15) is 0 Å². The standard InChI is InChI=1S/C20H24ClN3O4/c1-13(2)10-11-28-17-9-8-14(12-18(17)27-3)19(25)23-24-20(26)22-16-7-5-4-6-15(16)21/h4-9,12-13H,10-11H2,1-3H3,(H,23,25)(H2,22,24,26). The third-order valence-corrected chi connectivity index (χ3v) is 4.12. The van der Waals surface area contributed by atoms with Gasteiger partial charge in [-0.1, -0.05) is 37.6 Å². The fourth-order valence-electron chi connectivity index (χ4n) is 2.23. The first-order valence-electron chi connectivity index (χ1n) is 8.83. The van der Waals surface area contributed by atoms with E-state index < -0.39 is 11.9 Å². The Balaban J connectivity index is 1.92. The topological polar surface area (TPSA) is 88.7 Å². The maximum Gasteiger partial charge on any atom is 0.337 e. The third-order valence-electron chi connectivity index (χ3n) is 3.79. The van der Waals surface area contributed by atoms with Crippen molar-refractivity contribution in [2.24, 2.45) is 5.92 Å². The highest BCUT2D eigenvalue weighted by Gasteiger charge is 2.13. The van der Waals surface area contributed by atoms with Gasteiger partial charge in [0.25, 0.3) is 5.91 Å². The highest BCUT2D eigenvalue weighted by molar-refractivity contribution is 6.33. The van der Waals surface area contributed by atoms with Gasteiger partial charge in [-0.15, -0.1) is 0 Å². The molecule has 0 radical (unpaired) electrons. The number of carbonyl (C=O) groups excluding carboxylic acids is 2. The Morgan fingerprint density at radius 2 is 1.82 bits per heavy atom. The number of benzene rings is 2. The summed E-state index contributed by atoms with van der Waals surface area (Å²) >= 11 is 5.97. The van der Waals surface area contributed by atoms with Crippen molar-refractivity contribution >= 4 is 29.2 Å². The summed E-state index contributed by atoms with van der Waals surface area (Å²) in [5.41, 5.74) is 5.34. The molecule has 0 bridgehead atoms. The number of urea groups is 1. The van der Waals surface area contributed by atoms with Gasteiger partial charge in [0.1, 0.15) is 0 Å². The summed E-state index contributed by atoms with van der Waals surface area (Å²) in [7, 11) is 1.50. The van der Waals surface area contributed by atoms with Crippen molar-refractivity contribution in [3.05, 3.63) is 53.1 Å². The molecule has 0 aliphatic rings. The molecule has 2 aromatic rings. The van der Waals surface area contributed by atoms with Gasteiger partial charge in [-0.05, 0) is 42.7 Å². The van der Waals surface area contributed by atoms with Gasteiger partial charge in [0.05, 0.1) is 24.4 Å². The van der Waals surface area contributed by atoms with E-state index in [1.54, 1.807) is 42.5 Å². The molecule has 2 aromatic carbocycles. The molecule has 0 saturated carbocycles. The monoisotopic (exact) mass is 405 g/mol. The summed E-state index contributed by atoms with van der Waals surface area (Å²) in [5, 5.41) is 2.93. The van der Waals surface area contributed by atoms with Gasteiger partial charge >= 0.3 is 6.03 Å². The first kappa shape index (κ1) is 21.4. The molecule has 0 saturated heterocycles. The predicted molar refractivity (Wildman–Crippen MR) is 109 cm³/mol. The zero-order valence-corrected chi connectivity index (χ0v) is 16.8. The number of rotatable bonds is 7. The van der Waals surface area contributed by atoms with Crippen LogP contribution < -0.4 is 25.6 Å². The number of para-hydroxylation sites is 1. The molecule has 150 valence electrons. The van der Waals surface area contributed by atoms with Gasteiger partial charge in [-0.3, -0.25) is 10.2 Å². The van der Waals surface area contributed by atoms with Crippen LogP contribution in [-0.2, 0) is 0 Å². The van der Waals surface area contributed by atoms with E-state index in [-0.39, 0.29) is 0 Å². The first-order chi connectivity index (χ1) is 13.4. The second kappa shape index (κ2) is 10.4. The van der Waals surface area contributed by atoms with E-state index in [4.69, 9.17) is 21.1 Å². The van der Waals surface area contributed by atoms with Gasteiger partial charge in [0.2, 0.25) is 0 Å². The molecule has 3 amide bonds. The number of hydrogen-bond donors (Lipinski definition) is 3. The minimum Gasteiger partial charge on any atom is -0.493 e. The number of methoxy groups -OCH3 is 1. The Morgan fingerprint density at radius 3 is 2.50 bits per heavy atom. The van der Waals surface area contributed by atoms with Crippen LogP contribution in [-0.4, -0.2) is 25.7 Å². The molecule has 0 spiro atoms. The van der Waals surface area contributed by atoms with E-state index in [0.717, 1.165) is 6.42 Å². The van der Waals surface area contributed by atoms with Gasteiger partial charge in [-0.25, -0.2) is 10.2 Å². The van der Waals surface area contributed by atoms with Crippen LogP contribution in [0, 0.1) is 5.92 Å². The molecule has 3 N–H and O–H groups in total. The lowest BCUT2D eigenvalue weighted by Crippen LogP contribution is -2.43. The highest BCUT2D eigenvalue weighted by atomic mass is 35.5. The zero-order valence-electron chi connectivity index (χ0n) is 16.0. The second-order valence-electron chi connectivity index (χ2n) is 6.41. The summed E-state index contributed by atoms with van der Waals surface area (Å²) in [6.07, 6.45) is 0.913. The van der Waals surface area contributed by atoms with Crippen LogP contribution in [0.5, 0.6) is 11.5 Å². The largest absolute Gasteiger partial charge is 0.493 e. The Labute approximate surface area is 169 Å². The van der Waals surface area contributed by atoms with E-state index in [1.807, 2.05) is 0 Å².